The molecule has 0 aliphatic heterocycles. The van der Waals surface area contributed by atoms with Crippen molar-refractivity contribution < 1.29 is 49.8 Å². The molecule has 0 amide bonds. The van der Waals surface area contributed by atoms with Gasteiger partial charge in [0.2, 0.25) is 0 Å². The van der Waals surface area contributed by atoms with Crippen LogP contribution in [-0.4, -0.2) is 124 Å². The van der Waals surface area contributed by atoms with Gasteiger partial charge in [-0.2, -0.15) is 27.6 Å². The number of carbonyl (C=O) groups is 3. The van der Waals surface area contributed by atoms with Crippen molar-refractivity contribution in [3.8, 4) is 6.01 Å². The smallest absolute Gasteiger partial charge is 0.329 e. The van der Waals surface area contributed by atoms with Gasteiger partial charge >= 0.3 is 23.9 Å². The van der Waals surface area contributed by atoms with Gasteiger partial charge in [-0.3, -0.25) is 14.4 Å². The zero-order valence-electron chi connectivity index (χ0n) is 20.7. The van der Waals surface area contributed by atoms with E-state index in [4.69, 9.17) is 14.9 Å². The number of carbonyl (C=O) groups excluding carboxylic acids is 1. The minimum Gasteiger partial charge on any atom is -0.481 e. The van der Waals surface area contributed by atoms with E-state index in [9.17, 15) is 34.8 Å². The first kappa shape index (κ1) is 34.8. The molecule has 6 N–H and O–H groups in total. The molecular weight excluding hydrogens is 581 g/mol. The van der Waals surface area contributed by atoms with Crippen molar-refractivity contribution in [1.29, 1.82) is 0 Å². The summed E-state index contributed by atoms with van der Waals surface area (Å²) in [4.78, 5) is 46.6. The van der Waals surface area contributed by atoms with E-state index in [2.05, 4.69) is 27.6 Å². The zero-order valence-corrected chi connectivity index (χ0v) is 24.2. The second-order valence-electron chi connectivity index (χ2n) is 8.02. The Bertz CT molecular complexity index is 848. The average Bonchev–Trinajstić information content (AvgIpc) is 2.88. The maximum Gasteiger partial charge on any atom is 0.329 e. The molecule has 4 unspecified atom stereocenters. The van der Waals surface area contributed by atoms with Crippen LogP contribution in [0.2, 0.25) is 0 Å². The van der Waals surface area contributed by atoms with Gasteiger partial charge in [-0.25, -0.2) is 0 Å². The van der Waals surface area contributed by atoms with Crippen molar-refractivity contribution in [2.24, 2.45) is 0 Å². The van der Waals surface area contributed by atoms with Crippen LogP contribution >= 0.6 is 44.1 Å². The summed E-state index contributed by atoms with van der Waals surface area (Å²) in [5, 5.41) is 57.6. The fourth-order valence-electron chi connectivity index (χ4n) is 2.68. The van der Waals surface area contributed by atoms with E-state index in [-0.39, 0.29) is 71.3 Å². The van der Waals surface area contributed by atoms with Crippen LogP contribution in [0.25, 0.3) is 0 Å². The first-order valence-corrected chi connectivity index (χ1v) is 16.2. The highest BCUT2D eigenvalue weighted by Crippen LogP contribution is 2.37. The SMILES string of the molecule is CCC(O)C(O)CSc1nc(OC(=O)CCP(CCC(=O)O)CCC(=O)O)nc(SCC(O)C(O)CS)n1. The molecule has 0 radical (unpaired) electrons. The topological polar surface area (TPSA) is 220 Å². The summed E-state index contributed by atoms with van der Waals surface area (Å²) in [5.41, 5.74) is 0. The molecule has 17 heteroatoms. The van der Waals surface area contributed by atoms with Crippen LogP contribution in [0.15, 0.2) is 10.3 Å². The molecule has 1 heterocycles. The van der Waals surface area contributed by atoms with E-state index in [0.717, 1.165) is 23.5 Å². The van der Waals surface area contributed by atoms with Gasteiger partial charge in [0.1, 0.15) is 0 Å². The lowest BCUT2D eigenvalue weighted by molar-refractivity contribution is -0.137. The summed E-state index contributed by atoms with van der Waals surface area (Å²) in [7, 11) is -1.02. The summed E-state index contributed by atoms with van der Waals surface area (Å²) in [5.74, 6) is -2.60. The van der Waals surface area contributed by atoms with Gasteiger partial charge in [-0.15, -0.1) is 7.92 Å². The summed E-state index contributed by atoms with van der Waals surface area (Å²) in [6.07, 6.45) is -3.34. The van der Waals surface area contributed by atoms with E-state index in [1.165, 1.54) is 0 Å². The third-order valence-electron chi connectivity index (χ3n) is 4.95. The fraction of sp³-hybridized carbons (Fsp3) is 0.714. The normalized spacial score (nSPS) is 14.6. The van der Waals surface area contributed by atoms with Crippen LogP contribution in [0.1, 0.15) is 32.6 Å². The molecule has 0 saturated carbocycles. The van der Waals surface area contributed by atoms with Gasteiger partial charge < -0.3 is 35.4 Å². The standard InChI is InChI=1S/C21H34N3O10PS3/c1-2-12(25)14(27)10-37-20-22-19(23-21(24-20)38-11-15(28)13(26)9-36)34-18(33)5-8-35(6-3-16(29)30)7-4-17(31)32/h12-15,25-28,36H,2-11H2,1H3,(H,29,30)(H,31,32). The maximum absolute atomic E-state index is 12.5. The Kier molecular flexibility index (Phi) is 17.3. The molecule has 0 aliphatic rings. The number of thioether (sulfide) groups is 2. The number of aliphatic hydroxyl groups is 4. The lowest BCUT2D eigenvalue weighted by Crippen LogP contribution is -2.29. The van der Waals surface area contributed by atoms with Gasteiger partial charge in [0.25, 0.3) is 0 Å². The molecule has 13 nitrogen and oxygen atoms in total. The van der Waals surface area contributed by atoms with Gasteiger partial charge in [0.15, 0.2) is 10.3 Å². The minimum atomic E-state index is -1.12. The second-order valence-corrected chi connectivity index (χ2v) is 13.0. The Morgan fingerprint density at radius 1 is 0.816 bits per heavy atom. The van der Waals surface area contributed by atoms with Gasteiger partial charge in [-0.05, 0) is 24.9 Å². The third kappa shape index (κ3) is 14.8. The number of thiol groups is 1. The van der Waals surface area contributed by atoms with E-state index in [1.54, 1.807) is 6.92 Å². The van der Waals surface area contributed by atoms with Crippen molar-refractivity contribution in [3.63, 3.8) is 0 Å². The highest BCUT2D eigenvalue weighted by atomic mass is 32.2. The van der Waals surface area contributed by atoms with Gasteiger partial charge in [0, 0.05) is 36.5 Å². The maximum atomic E-state index is 12.5. The summed E-state index contributed by atoms with van der Waals surface area (Å²) >= 11 is 5.91. The van der Waals surface area contributed by atoms with Crippen LogP contribution in [0.4, 0.5) is 0 Å². The van der Waals surface area contributed by atoms with Crippen molar-refractivity contribution in [2.45, 2.75) is 67.3 Å². The van der Waals surface area contributed by atoms with Crippen LogP contribution in [0, 0.1) is 0 Å². The molecule has 0 aromatic carbocycles. The predicted molar refractivity (Wildman–Crippen MR) is 146 cm³/mol. The van der Waals surface area contributed by atoms with Gasteiger partial charge in [-0.1, -0.05) is 30.4 Å². The molecule has 1 rings (SSSR count). The number of nitrogens with zero attached hydrogens (tertiary/aromatic N) is 3. The number of hydrogen-bond donors (Lipinski definition) is 7. The fourth-order valence-corrected chi connectivity index (χ4v) is 6.83. The molecule has 0 bridgehead atoms. The lowest BCUT2D eigenvalue weighted by atomic mass is 10.2. The van der Waals surface area contributed by atoms with E-state index in [0.29, 0.717) is 6.42 Å². The first-order chi connectivity index (χ1) is 17.9. The minimum absolute atomic E-state index is 0.0118. The van der Waals surface area contributed by atoms with Gasteiger partial charge in [0.05, 0.1) is 24.4 Å². The van der Waals surface area contributed by atoms with E-state index >= 15 is 0 Å². The zero-order chi connectivity index (χ0) is 28.7. The Labute approximate surface area is 235 Å². The summed E-state index contributed by atoms with van der Waals surface area (Å²) < 4.78 is 5.26. The van der Waals surface area contributed by atoms with Crippen LogP contribution in [0.3, 0.4) is 0 Å². The van der Waals surface area contributed by atoms with Crippen molar-refractivity contribution in [1.82, 2.24) is 15.0 Å². The second kappa shape index (κ2) is 18.9. The average molecular weight is 616 g/mol. The highest BCUT2D eigenvalue weighted by molar-refractivity contribution is 7.99. The number of aliphatic carboxylic acids is 2. The summed E-state index contributed by atoms with van der Waals surface area (Å²) in [6, 6.07) is -0.329. The Balaban J connectivity index is 2.92. The molecule has 0 spiro atoms. The molecule has 4 atom stereocenters. The van der Waals surface area contributed by atoms with E-state index in [1.807, 2.05) is 0 Å². The molecule has 1 aromatic heterocycles. The number of hydrogen-bond acceptors (Lipinski definition) is 14. The number of aliphatic hydroxyl groups excluding tert-OH is 4. The molecule has 0 saturated heterocycles. The summed E-state index contributed by atoms with van der Waals surface area (Å²) in [6.45, 7) is 1.72. The molecule has 216 valence electrons. The number of esters is 1. The number of ether oxygens (including phenoxy) is 1. The quantitative estimate of drug-likeness (QED) is 0.0461. The van der Waals surface area contributed by atoms with Crippen molar-refractivity contribution in [2.75, 3.05) is 35.7 Å². The molecular formula is C21H34N3O10PS3. The Morgan fingerprint density at radius 3 is 1.74 bits per heavy atom. The van der Waals surface area contributed by atoms with Crippen LogP contribution in [-0.2, 0) is 14.4 Å². The Morgan fingerprint density at radius 2 is 1.29 bits per heavy atom. The third-order valence-corrected chi connectivity index (χ3v) is 9.80. The lowest BCUT2D eigenvalue weighted by Gasteiger charge is -2.16. The van der Waals surface area contributed by atoms with Crippen LogP contribution < -0.4 is 4.74 Å². The molecule has 0 aliphatic carbocycles. The van der Waals surface area contributed by atoms with E-state index < -0.39 is 50.2 Å². The van der Waals surface area contributed by atoms with Crippen molar-refractivity contribution in [3.05, 3.63) is 0 Å². The molecule has 1 aromatic rings. The monoisotopic (exact) mass is 615 g/mol. The Hall–Kier alpha value is -1.26. The highest BCUT2D eigenvalue weighted by Gasteiger charge is 2.21. The number of rotatable bonds is 20. The molecule has 0 fully saturated rings. The molecule has 38 heavy (non-hydrogen) atoms. The predicted octanol–water partition coefficient (Wildman–Crippen LogP) is 0.566. The number of aromatic nitrogens is 3. The largest absolute Gasteiger partial charge is 0.481 e. The van der Waals surface area contributed by atoms with Crippen molar-refractivity contribution >= 4 is 62.0 Å². The number of carboxylic acid groups (broad SMARTS) is 2. The number of carboxylic acids is 2. The van der Waals surface area contributed by atoms with Crippen LogP contribution in [0.5, 0.6) is 6.01 Å². The first-order valence-electron chi connectivity index (χ1n) is 11.7.